The standard InChI is InChI=1S/C20H28N4O4S/c1-5-6-15-21-17-16(19(26)24(3)20(27)23(17)2)18(22-15)29-11-14(25)12-7-9-13(28-4)10-8-12/h7-10,15-18,21-22H,5-6,11H2,1-4H3. The number of rotatable bonds is 7. The minimum absolute atomic E-state index is 0.0115. The molecule has 4 atom stereocenters. The molecule has 1 aromatic rings. The van der Waals surface area contributed by atoms with E-state index in [9.17, 15) is 14.4 Å². The number of hydrogen-bond acceptors (Lipinski definition) is 7. The summed E-state index contributed by atoms with van der Waals surface area (Å²) in [5.41, 5.74) is 0.605. The molecule has 29 heavy (non-hydrogen) atoms. The molecule has 0 aliphatic carbocycles. The summed E-state index contributed by atoms with van der Waals surface area (Å²) in [6.45, 7) is 2.08. The minimum atomic E-state index is -0.468. The highest BCUT2D eigenvalue weighted by Gasteiger charge is 2.50. The molecule has 2 heterocycles. The van der Waals surface area contributed by atoms with Crippen LogP contribution >= 0.6 is 11.8 Å². The zero-order valence-corrected chi connectivity index (χ0v) is 18.0. The van der Waals surface area contributed by atoms with Crippen molar-refractivity contribution in [1.82, 2.24) is 20.4 Å². The van der Waals surface area contributed by atoms with Crippen molar-refractivity contribution in [3.8, 4) is 5.75 Å². The predicted octanol–water partition coefficient (Wildman–Crippen LogP) is 1.72. The minimum Gasteiger partial charge on any atom is -0.497 e. The van der Waals surface area contributed by atoms with Crippen LogP contribution in [0.4, 0.5) is 4.79 Å². The summed E-state index contributed by atoms with van der Waals surface area (Å²) in [5, 5.41) is 6.57. The molecule has 2 saturated heterocycles. The Morgan fingerprint density at radius 1 is 1.17 bits per heavy atom. The van der Waals surface area contributed by atoms with Gasteiger partial charge >= 0.3 is 6.03 Å². The average molecular weight is 421 g/mol. The second-order valence-corrected chi connectivity index (χ2v) is 8.45. The largest absolute Gasteiger partial charge is 0.497 e. The number of thioether (sulfide) groups is 1. The van der Waals surface area contributed by atoms with E-state index in [0.717, 1.165) is 17.7 Å². The van der Waals surface area contributed by atoms with Gasteiger partial charge in [0.2, 0.25) is 5.91 Å². The molecular weight excluding hydrogens is 392 g/mol. The lowest BCUT2D eigenvalue weighted by molar-refractivity contribution is -0.140. The number of ketones is 1. The van der Waals surface area contributed by atoms with E-state index in [1.54, 1.807) is 43.3 Å². The Hall–Kier alpha value is -2.10. The molecule has 0 radical (unpaired) electrons. The number of carbonyl (C=O) groups is 3. The first-order valence-electron chi connectivity index (χ1n) is 9.72. The van der Waals surface area contributed by atoms with Crippen LogP contribution in [0.1, 0.15) is 30.1 Å². The van der Waals surface area contributed by atoms with Gasteiger partial charge < -0.3 is 9.64 Å². The van der Waals surface area contributed by atoms with E-state index in [-0.39, 0.29) is 35.0 Å². The number of imide groups is 1. The average Bonchev–Trinajstić information content (AvgIpc) is 2.74. The number of methoxy groups -OCH3 is 1. The van der Waals surface area contributed by atoms with Gasteiger partial charge in [-0.2, -0.15) is 0 Å². The SMILES string of the molecule is CCCC1NC(SCC(=O)c2ccc(OC)cc2)C2C(=O)N(C)C(=O)N(C)C2N1. The lowest BCUT2D eigenvalue weighted by Gasteiger charge is -2.50. The Morgan fingerprint density at radius 3 is 2.48 bits per heavy atom. The van der Waals surface area contributed by atoms with Gasteiger partial charge in [0.05, 0.1) is 36.5 Å². The Kier molecular flexibility index (Phi) is 6.81. The van der Waals surface area contributed by atoms with E-state index in [4.69, 9.17) is 4.74 Å². The first-order chi connectivity index (χ1) is 13.9. The smallest absolute Gasteiger partial charge is 0.327 e. The van der Waals surface area contributed by atoms with Crippen molar-refractivity contribution < 1.29 is 19.1 Å². The van der Waals surface area contributed by atoms with Crippen LogP contribution in [0.15, 0.2) is 24.3 Å². The zero-order valence-electron chi connectivity index (χ0n) is 17.2. The zero-order chi connectivity index (χ0) is 21.1. The molecule has 1 aromatic carbocycles. The molecule has 0 aromatic heterocycles. The van der Waals surface area contributed by atoms with Crippen molar-refractivity contribution in [3.05, 3.63) is 29.8 Å². The summed E-state index contributed by atoms with van der Waals surface area (Å²) < 4.78 is 5.13. The number of carbonyl (C=O) groups excluding carboxylic acids is 3. The first kappa shape index (κ1) is 21.6. The fourth-order valence-corrected chi connectivity index (χ4v) is 4.98. The fourth-order valence-electron chi connectivity index (χ4n) is 3.75. The summed E-state index contributed by atoms with van der Waals surface area (Å²) in [6.07, 6.45) is 1.40. The van der Waals surface area contributed by atoms with Gasteiger partial charge in [-0.15, -0.1) is 11.8 Å². The van der Waals surface area contributed by atoms with Gasteiger partial charge in [0.1, 0.15) is 5.75 Å². The van der Waals surface area contributed by atoms with Gasteiger partial charge in [0.15, 0.2) is 5.78 Å². The molecule has 2 fully saturated rings. The van der Waals surface area contributed by atoms with Crippen LogP contribution < -0.4 is 15.4 Å². The van der Waals surface area contributed by atoms with Crippen LogP contribution in [0, 0.1) is 5.92 Å². The number of Topliss-reactive ketones (excluding diaryl/α,β-unsaturated/α-hetero) is 1. The maximum Gasteiger partial charge on any atom is 0.327 e. The molecule has 158 valence electrons. The number of urea groups is 1. The van der Waals surface area contributed by atoms with Gasteiger partial charge in [0, 0.05) is 19.7 Å². The van der Waals surface area contributed by atoms with E-state index < -0.39 is 12.1 Å². The van der Waals surface area contributed by atoms with Crippen LogP contribution in [-0.2, 0) is 4.79 Å². The number of benzene rings is 1. The maximum absolute atomic E-state index is 12.9. The molecule has 2 aliphatic heterocycles. The normalized spacial score (nSPS) is 27.0. The van der Waals surface area contributed by atoms with E-state index in [2.05, 4.69) is 17.6 Å². The van der Waals surface area contributed by atoms with E-state index >= 15 is 0 Å². The number of amides is 3. The summed E-state index contributed by atoms with van der Waals surface area (Å²) in [7, 11) is 4.78. The van der Waals surface area contributed by atoms with E-state index in [0.29, 0.717) is 11.3 Å². The van der Waals surface area contributed by atoms with Gasteiger partial charge in [-0.1, -0.05) is 13.3 Å². The van der Waals surface area contributed by atoms with Crippen LogP contribution in [0.25, 0.3) is 0 Å². The van der Waals surface area contributed by atoms with Crippen molar-refractivity contribution in [2.75, 3.05) is 27.0 Å². The quantitative estimate of drug-likeness (QED) is 0.649. The molecule has 4 unspecified atom stereocenters. The molecule has 0 spiro atoms. The van der Waals surface area contributed by atoms with Crippen molar-refractivity contribution in [2.45, 2.75) is 37.5 Å². The van der Waals surface area contributed by atoms with Gasteiger partial charge in [0.25, 0.3) is 0 Å². The number of ether oxygens (including phenoxy) is 1. The Balaban J connectivity index is 1.74. The van der Waals surface area contributed by atoms with Crippen LogP contribution in [0.3, 0.4) is 0 Å². The number of nitrogens with one attached hydrogen (secondary N) is 2. The number of hydrogen-bond donors (Lipinski definition) is 2. The predicted molar refractivity (Wildman–Crippen MR) is 112 cm³/mol. The summed E-state index contributed by atoms with van der Waals surface area (Å²) in [5.74, 6) is 0.221. The Labute approximate surface area is 175 Å². The third-order valence-electron chi connectivity index (χ3n) is 5.41. The molecule has 9 heteroatoms. The second-order valence-electron chi connectivity index (χ2n) is 7.32. The van der Waals surface area contributed by atoms with Crippen molar-refractivity contribution >= 4 is 29.5 Å². The van der Waals surface area contributed by atoms with Gasteiger partial charge in [-0.3, -0.25) is 25.1 Å². The lowest BCUT2D eigenvalue weighted by Crippen LogP contribution is -2.74. The number of nitrogens with zero attached hydrogens (tertiary/aromatic N) is 2. The molecule has 8 nitrogen and oxygen atoms in total. The monoisotopic (exact) mass is 420 g/mol. The summed E-state index contributed by atoms with van der Waals surface area (Å²) >= 11 is 1.42. The molecule has 3 amide bonds. The lowest BCUT2D eigenvalue weighted by atomic mass is 9.96. The van der Waals surface area contributed by atoms with Crippen LogP contribution in [0.5, 0.6) is 5.75 Å². The van der Waals surface area contributed by atoms with Crippen molar-refractivity contribution in [3.63, 3.8) is 0 Å². The van der Waals surface area contributed by atoms with Gasteiger partial charge in [-0.25, -0.2) is 4.79 Å². The molecule has 0 saturated carbocycles. The molecule has 2 aliphatic rings. The Bertz CT molecular complexity index is 772. The third kappa shape index (κ3) is 4.41. The molecular formula is C20H28N4O4S. The molecule has 2 N–H and O–H groups in total. The molecule has 3 rings (SSSR count). The topological polar surface area (TPSA) is 91.0 Å². The second kappa shape index (κ2) is 9.15. The maximum atomic E-state index is 12.9. The third-order valence-corrected chi connectivity index (χ3v) is 6.63. The highest BCUT2D eigenvalue weighted by atomic mass is 32.2. The van der Waals surface area contributed by atoms with Crippen molar-refractivity contribution in [1.29, 1.82) is 0 Å². The molecule has 0 bridgehead atoms. The van der Waals surface area contributed by atoms with Gasteiger partial charge in [-0.05, 0) is 30.7 Å². The van der Waals surface area contributed by atoms with Crippen LogP contribution in [0.2, 0.25) is 0 Å². The highest BCUT2D eigenvalue weighted by Crippen LogP contribution is 2.32. The summed E-state index contributed by atoms with van der Waals surface area (Å²) in [6, 6.07) is 6.68. The van der Waals surface area contributed by atoms with E-state index in [1.165, 1.54) is 18.8 Å². The van der Waals surface area contributed by atoms with E-state index in [1.807, 2.05) is 0 Å². The Morgan fingerprint density at radius 2 is 1.86 bits per heavy atom. The van der Waals surface area contributed by atoms with Crippen molar-refractivity contribution in [2.24, 2.45) is 5.92 Å². The first-order valence-corrected chi connectivity index (χ1v) is 10.8. The number of fused-ring (bicyclic) bond motifs is 1. The van der Waals surface area contributed by atoms with Crippen LogP contribution in [-0.4, -0.2) is 72.2 Å². The summed E-state index contributed by atoms with van der Waals surface area (Å²) in [4.78, 5) is 40.6. The fraction of sp³-hybridized carbons (Fsp3) is 0.550. The highest BCUT2D eigenvalue weighted by molar-refractivity contribution is 8.00.